The standard InChI is InChI=1S/C21H27N3O3S/c1-14(28-21-24-23-20(27-21)18-6-4-3-5-7-18)19(26)17-10-8-16(9-11-17)12-13-22-15(2)25/h8-11,14,18H,3-7,12-13H2,1-2H3,(H,22,25). The van der Waals surface area contributed by atoms with Crippen LogP contribution in [0, 0.1) is 0 Å². The van der Waals surface area contributed by atoms with Crippen LogP contribution in [0.1, 0.15) is 73.7 Å². The summed E-state index contributed by atoms with van der Waals surface area (Å²) >= 11 is 1.32. The number of aromatic nitrogens is 2. The van der Waals surface area contributed by atoms with Gasteiger partial charge in [0.15, 0.2) is 5.78 Å². The van der Waals surface area contributed by atoms with Crippen molar-refractivity contribution in [1.29, 1.82) is 0 Å². The van der Waals surface area contributed by atoms with E-state index in [1.54, 1.807) is 0 Å². The van der Waals surface area contributed by atoms with Gasteiger partial charge in [-0.1, -0.05) is 55.3 Å². The second-order valence-corrected chi connectivity index (χ2v) is 8.59. The average Bonchev–Trinajstić information content (AvgIpc) is 3.17. The Kier molecular flexibility index (Phi) is 7.25. The number of hydrogen-bond acceptors (Lipinski definition) is 6. The fourth-order valence-corrected chi connectivity index (χ4v) is 4.21. The van der Waals surface area contributed by atoms with E-state index in [9.17, 15) is 9.59 Å². The van der Waals surface area contributed by atoms with Crippen LogP contribution in [0.5, 0.6) is 0 Å². The second-order valence-electron chi connectivity index (χ2n) is 7.30. The van der Waals surface area contributed by atoms with Crippen LogP contribution in [-0.2, 0) is 11.2 Å². The Balaban J connectivity index is 1.54. The molecule has 0 aliphatic heterocycles. The molecule has 1 N–H and O–H groups in total. The van der Waals surface area contributed by atoms with Crippen LogP contribution in [-0.4, -0.2) is 33.7 Å². The molecule has 1 atom stereocenters. The predicted octanol–water partition coefficient (Wildman–Crippen LogP) is 4.16. The van der Waals surface area contributed by atoms with E-state index in [2.05, 4.69) is 15.5 Å². The molecule has 0 spiro atoms. The summed E-state index contributed by atoms with van der Waals surface area (Å²) in [5, 5.41) is 11.3. The fourth-order valence-electron chi connectivity index (χ4n) is 3.44. The summed E-state index contributed by atoms with van der Waals surface area (Å²) in [6.07, 6.45) is 6.66. The molecule has 3 rings (SSSR count). The number of carbonyl (C=O) groups excluding carboxylic acids is 2. The number of rotatable bonds is 8. The van der Waals surface area contributed by atoms with Crippen LogP contribution >= 0.6 is 11.8 Å². The minimum absolute atomic E-state index is 0.0367. The number of benzene rings is 1. The fraction of sp³-hybridized carbons (Fsp3) is 0.524. The minimum Gasteiger partial charge on any atom is -0.416 e. The first-order chi connectivity index (χ1) is 13.5. The van der Waals surface area contributed by atoms with Crippen LogP contribution in [0.25, 0.3) is 0 Å². The summed E-state index contributed by atoms with van der Waals surface area (Å²) in [6.45, 7) is 3.96. The van der Waals surface area contributed by atoms with Crippen molar-refractivity contribution in [3.63, 3.8) is 0 Å². The highest BCUT2D eigenvalue weighted by molar-refractivity contribution is 8.00. The van der Waals surface area contributed by atoms with Gasteiger partial charge in [0.05, 0.1) is 5.25 Å². The molecule has 1 heterocycles. The van der Waals surface area contributed by atoms with E-state index in [-0.39, 0.29) is 16.9 Å². The number of thioether (sulfide) groups is 1. The molecular formula is C21H27N3O3S. The van der Waals surface area contributed by atoms with E-state index in [4.69, 9.17) is 4.42 Å². The van der Waals surface area contributed by atoms with Crippen LogP contribution in [0.2, 0.25) is 0 Å². The van der Waals surface area contributed by atoms with Crippen molar-refractivity contribution in [1.82, 2.24) is 15.5 Å². The third-order valence-corrected chi connectivity index (χ3v) is 5.98. The van der Waals surface area contributed by atoms with Gasteiger partial charge in [0.25, 0.3) is 5.22 Å². The van der Waals surface area contributed by atoms with Gasteiger partial charge >= 0.3 is 0 Å². The summed E-state index contributed by atoms with van der Waals surface area (Å²) in [7, 11) is 0. The maximum Gasteiger partial charge on any atom is 0.277 e. The number of amides is 1. The number of Topliss-reactive ketones (excluding diaryl/α,β-unsaturated/α-hetero) is 1. The molecule has 0 saturated heterocycles. The lowest BCUT2D eigenvalue weighted by atomic mass is 9.89. The van der Waals surface area contributed by atoms with Crippen molar-refractivity contribution in [3.8, 4) is 0 Å². The number of nitrogens with one attached hydrogen (secondary N) is 1. The Morgan fingerprint density at radius 2 is 1.89 bits per heavy atom. The largest absolute Gasteiger partial charge is 0.416 e. The first kappa shape index (κ1) is 20.6. The van der Waals surface area contributed by atoms with Gasteiger partial charge in [-0.15, -0.1) is 10.2 Å². The SMILES string of the molecule is CC(=O)NCCc1ccc(C(=O)C(C)Sc2nnc(C3CCCCC3)o2)cc1. The summed E-state index contributed by atoms with van der Waals surface area (Å²) < 4.78 is 5.82. The Hall–Kier alpha value is -2.15. The van der Waals surface area contributed by atoms with Crippen molar-refractivity contribution in [3.05, 3.63) is 41.3 Å². The van der Waals surface area contributed by atoms with Gasteiger partial charge in [-0.05, 0) is 31.7 Å². The molecule has 0 radical (unpaired) electrons. The molecule has 1 fully saturated rings. The van der Waals surface area contributed by atoms with Crippen molar-refractivity contribution < 1.29 is 14.0 Å². The third-order valence-electron chi connectivity index (χ3n) is 5.05. The predicted molar refractivity (Wildman–Crippen MR) is 109 cm³/mol. The maximum atomic E-state index is 12.7. The molecule has 1 aliphatic rings. The molecule has 1 amide bonds. The lowest BCUT2D eigenvalue weighted by Gasteiger charge is -2.17. The topological polar surface area (TPSA) is 85.1 Å². The van der Waals surface area contributed by atoms with Crippen LogP contribution in [0.4, 0.5) is 0 Å². The molecule has 6 nitrogen and oxygen atoms in total. The van der Waals surface area contributed by atoms with Gasteiger partial charge in [-0.25, -0.2) is 0 Å². The molecule has 1 unspecified atom stereocenters. The Morgan fingerprint density at radius 3 is 2.57 bits per heavy atom. The van der Waals surface area contributed by atoms with Crippen molar-refractivity contribution in [2.45, 2.75) is 68.8 Å². The normalized spacial score (nSPS) is 15.9. The number of carbonyl (C=O) groups is 2. The highest BCUT2D eigenvalue weighted by Crippen LogP contribution is 2.34. The monoisotopic (exact) mass is 401 g/mol. The Bertz CT molecular complexity index is 797. The zero-order chi connectivity index (χ0) is 19.9. The first-order valence-corrected chi connectivity index (χ1v) is 10.8. The molecule has 1 aromatic carbocycles. The molecule has 2 aromatic rings. The average molecular weight is 402 g/mol. The van der Waals surface area contributed by atoms with Crippen molar-refractivity contribution in [2.24, 2.45) is 0 Å². The van der Waals surface area contributed by atoms with Gasteiger partial charge in [-0.2, -0.15) is 0 Å². The quantitative estimate of drug-likeness (QED) is 0.528. The number of nitrogens with zero attached hydrogens (tertiary/aromatic N) is 2. The molecular weight excluding hydrogens is 374 g/mol. The van der Waals surface area contributed by atoms with Gasteiger partial charge < -0.3 is 9.73 Å². The van der Waals surface area contributed by atoms with E-state index in [0.717, 1.165) is 24.8 Å². The van der Waals surface area contributed by atoms with E-state index in [1.165, 1.54) is 37.9 Å². The zero-order valence-corrected chi connectivity index (χ0v) is 17.3. The van der Waals surface area contributed by atoms with E-state index >= 15 is 0 Å². The Labute approximate surface area is 169 Å². The zero-order valence-electron chi connectivity index (χ0n) is 16.4. The highest BCUT2D eigenvalue weighted by Gasteiger charge is 2.24. The Morgan fingerprint density at radius 1 is 1.18 bits per heavy atom. The van der Waals surface area contributed by atoms with Crippen molar-refractivity contribution >= 4 is 23.5 Å². The van der Waals surface area contributed by atoms with Crippen LogP contribution in [0.3, 0.4) is 0 Å². The van der Waals surface area contributed by atoms with Crippen LogP contribution < -0.4 is 5.32 Å². The minimum atomic E-state index is -0.301. The summed E-state index contributed by atoms with van der Waals surface area (Å²) in [5.41, 5.74) is 1.75. The van der Waals surface area contributed by atoms with Gasteiger partial charge in [0.2, 0.25) is 11.8 Å². The van der Waals surface area contributed by atoms with E-state index in [1.807, 2.05) is 31.2 Å². The summed E-state index contributed by atoms with van der Waals surface area (Å²) in [5.74, 6) is 1.08. The summed E-state index contributed by atoms with van der Waals surface area (Å²) in [6, 6.07) is 7.54. The molecule has 28 heavy (non-hydrogen) atoms. The van der Waals surface area contributed by atoms with Crippen molar-refractivity contribution in [2.75, 3.05) is 6.54 Å². The van der Waals surface area contributed by atoms with Crippen LogP contribution in [0.15, 0.2) is 33.9 Å². The number of ketones is 1. The second kappa shape index (κ2) is 9.87. The van der Waals surface area contributed by atoms with E-state index in [0.29, 0.717) is 29.1 Å². The molecule has 1 aliphatic carbocycles. The first-order valence-electron chi connectivity index (χ1n) is 9.90. The van der Waals surface area contributed by atoms with E-state index < -0.39 is 0 Å². The molecule has 1 saturated carbocycles. The lowest BCUT2D eigenvalue weighted by Crippen LogP contribution is -2.22. The molecule has 7 heteroatoms. The maximum absolute atomic E-state index is 12.7. The smallest absolute Gasteiger partial charge is 0.277 e. The summed E-state index contributed by atoms with van der Waals surface area (Å²) in [4.78, 5) is 23.6. The van der Waals surface area contributed by atoms with Gasteiger partial charge in [0, 0.05) is 24.9 Å². The lowest BCUT2D eigenvalue weighted by molar-refractivity contribution is -0.118. The molecule has 1 aromatic heterocycles. The number of hydrogen-bond donors (Lipinski definition) is 1. The molecule has 150 valence electrons. The van der Waals surface area contributed by atoms with Gasteiger partial charge in [-0.3, -0.25) is 9.59 Å². The molecule has 0 bridgehead atoms. The van der Waals surface area contributed by atoms with Gasteiger partial charge in [0.1, 0.15) is 0 Å². The highest BCUT2D eigenvalue weighted by atomic mass is 32.2. The third kappa shape index (κ3) is 5.67.